The number of rotatable bonds is 4. The standard InChI is InChI=1S/C15H10ClF3N2O3/c16-13-7-11(21(23)24)4-5-12(13)14(22)20-8-9-2-1-3-10(6-9)15(17,18)19/h1-7H,8H2,(H,20,22). The minimum Gasteiger partial charge on any atom is -0.348 e. The molecular weight excluding hydrogens is 349 g/mol. The molecule has 2 rings (SSSR count). The van der Waals surface area contributed by atoms with Crippen molar-refractivity contribution < 1.29 is 22.9 Å². The molecule has 1 amide bonds. The van der Waals surface area contributed by atoms with Crippen LogP contribution in [0.15, 0.2) is 42.5 Å². The van der Waals surface area contributed by atoms with Gasteiger partial charge in [-0.1, -0.05) is 23.7 Å². The predicted octanol–water partition coefficient (Wildman–Crippen LogP) is 4.20. The number of alkyl halides is 3. The molecule has 9 heteroatoms. The third-order valence-electron chi connectivity index (χ3n) is 3.12. The highest BCUT2D eigenvalue weighted by molar-refractivity contribution is 6.34. The molecular formula is C15H10ClF3N2O3. The van der Waals surface area contributed by atoms with Gasteiger partial charge in [0.15, 0.2) is 0 Å². The van der Waals surface area contributed by atoms with Gasteiger partial charge in [-0.15, -0.1) is 0 Å². The van der Waals surface area contributed by atoms with Crippen molar-refractivity contribution in [2.24, 2.45) is 0 Å². The van der Waals surface area contributed by atoms with Crippen LogP contribution in [0.25, 0.3) is 0 Å². The van der Waals surface area contributed by atoms with Crippen molar-refractivity contribution >= 4 is 23.2 Å². The van der Waals surface area contributed by atoms with Crippen molar-refractivity contribution in [1.82, 2.24) is 5.32 Å². The Morgan fingerprint density at radius 1 is 1.21 bits per heavy atom. The predicted molar refractivity (Wildman–Crippen MR) is 80.7 cm³/mol. The number of benzene rings is 2. The van der Waals surface area contributed by atoms with Gasteiger partial charge in [-0.25, -0.2) is 0 Å². The SMILES string of the molecule is O=C(NCc1cccc(C(F)(F)F)c1)c1ccc([N+](=O)[O-])cc1Cl. The molecule has 0 unspecified atom stereocenters. The number of carbonyl (C=O) groups is 1. The van der Waals surface area contributed by atoms with Crippen LogP contribution in [0.2, 0.25) is 5.02 Å². The van der Waals surface area contributed by atoms with E-state index in [1.807, 2.05) is 0 Å². The van der Waals surface area contributed by atoms with Gasteiger partial charge in [0, 0.05) is 18.7 Å². The molecule has 0 fully saturated rings. The Morgan fingerprint density at radius 2 is 1.92 bits per heavy atom. The zero-order chi connectivity index (χ0) is 17.9. The first kappa shape index (κ1) is 17.7. The molecule has 0 aliphatic carbocycles. The monoisotopic (exact) mass is 358 g/mol. The highest BCUT2D eigenvalue weighted by Crippen LogP contribution is 2.29. The second-order valence-electron chi connectivity index (χ2n) is 4.80. The zero-order valence-electron chi connectivity index (χ0n) is 11.9. The summed E-state index contributed by atoms with van der Waals surface area (Å²) in [5.41, 5.74) is -0.831. The maximum Gasteiger partial charge on any atom is 0.416 e. The summed E-state index contributed by atoms with van der Waals surface area (Å²) < 4.78 is 37.9. The topological polar surface area (TPSA) is 72.2 Å². The minimum atomic E-state index is -4.47. The summed E-state index contributed by atoms with van der Waals surface area (Å²) in [6, 6.07) is 7.86. The van der Waals surface area contributed by atoms with Crippen molar-refractivity contribution in [2.75, 3.05) is 0 Å². The Morgan fingerprint density at radius 3 is 2.50 bits per heavy atom. The van der Waals surface area contributed by atoms with E-state index in [2.05, 4.69) is 5.32 Å². The first-order chi connectivity index (χ1) is 11.2. The van der Waals surface area contributed by atoms with Crippen LogP contribution in [-0.2, 0) is 12.7 Å². The Kier molecular flexibility index (Phi) is 5.08. The molecule has 2 aromatic carbocycles. The van der Waals surface area contributed by atoms with Crippen LogP contribution >= 0.6 is 11.6 Å². The van der Waals surface area contributed by atoms with Gasteiger partial charge in [0.2, 0.25) is 0 Å². The molecule has 0 aliphatic heterocycles. The smallest absolute Gasteiger partial charge is 0.348 e. The summed E-state index contributed by atoms with van der Waals surface area (Å²) in [7, 11) is 0. The summed E-state index contributed by atoms with van der Waals surface area (Å²) >= 11 is 5.82. The number of halogens is 4. The van der Waals surface area contributed by atoms with E-state index in [0.717, 1.165) is 24.3 Å². The second-order valence-corrected chi connectivity index (χ2v) is 5.21. The fraction of sp³-hybridized carbons (Fsp3) is 0.133. The highest BCUT2D eigenvalue weighted by Gasteiger charge is 2.30. The van der Waals surface area contributed by atoms with Crippen molar-refractivity contribution in [3.05, 3.63) is 74.3 Å². The van der Waals surface area contributed by atoms with Gasteiger partial charge in [0.1, 0.15) is 0 Å². The molecule has 0 radical (unpaired) electrons. The largest absolute Gasteiger partial charge is 0.416 e. The van der Waals surface area contributed by atoms with Gasteiger partial charge in [-0.2, -0.15) is 13.2 Å². The lowest BCUT2D eigenvalue weighted by Crippen LogP contribution is -2.23. The van der Waals surface area contributed by atoms with Gasteiger partial charge in [-0.3, -0.25) is 14.9 Å². The highest BCUT2D eigenvalue weighted by atomic mass is 35.5. The number of non-ortho nitro benzene ring substituents is 1. The fourth-order valence-corrected chi connectivity index (χ4v) is 2.20. The summed E-state index contributed by atoms with van der Waals surface area (Å²) in [6.45, 7) is -0.143. The zero-order valence-corrected chi connectivity index (χ0v) is 12.7. The fourth-order valence-electron chi connectivity index (χ4n) is 1.94. The number of nitrogens with one attached hydrogen (secondary N) is 1. The van der Waals surface area contributed by atoms with Gasteiger partial charge < -0.3 is 5.32 Å². The Hall–Kier alpha value is -2.61. The molecule has 0 bridgehead atoms. The normalized spacial score (nSPS) is 11.2. The number of amides is 1. The minimum absolute atomic E-state index is 0.00533. The maximum absolute atomic E-state index is 12.6. The van der Waals surface area contributed by atoms with Gasteiger partial charge in [-0.05, 0) is 23.8 Å². The molecule has 2 aromatic rings. The van der Waals surface area contributed by atoms with Crippen LogP contribution in [0.5, 0.6) is 0 Å². The van der Waals surface area contributed by atoms with E-state index in [1.54, 1.807) is 0 Å². The Bertz CT molecular complexity index is 794. The molecule has 0 aromatic heterocycles. The summed E-state index contributed by atoms with van der Waals surface area (Å²) in [5.74, 6) is -0.646. The van der Waals surface area contributed by atoms with Crippen LogP contribution in [0.4, 0.5) is 18.9 Å². The number of hydrogen-bond donors (Lipinski definition) is 1. The summed E-state index contributed by atoms with van der Waals surface area (Å²) in [5, 5.41) is 12.9. The average molecular weight is 359 g/mol. The van der Waals surface area contributed by atoms with E-state index < -0.39 is 22.6 Å². The van der Waals surface area contributed by atoms with E-state index in [-0.39, 0.29) is 28.4 Å². The summed E-state index contributed by atoms with van der Waals surface area (Å²) in [4.78, 5) is 22.0. The lowest BCUT2D eigenvalue weighted by molar-refractivity contribution is -0.384. The average Bonchev–Trinajstić information content (AvgIpc) is 2.52. The van der Waals surface area contributed by atoms with Crippen molar-refractivity contribution in [2.45, 2.75) is 12.7 Å². The first-order valence-corrected chi connectivity index (χ1v) is 6.94. The van der Waals surface area contributed by atoms with Gasteiger partial charge >= 0.3 is 6.18 Å². The number of nitro benzene ring substituents is 1. The third kappa shape index (κ3) is 4.23. The van der Waals surface area contributed by atoms with E-state index >= 15 is 0 Å². The van der Waals surface area contributed by atoms with Crippen LogP contribution in [0.1, 0.15) is 21.5 Å². The molecule has 24 heavy (non-hydrogen) atoms. The van der Waals surface area contributed by atoms with Crippen molar-refractivity contribution in [1.29, 1.82) is 0 Å². The van der Waals surface area contributed by atoms with Crippen LogP contribution in [0, 0.1) is 10.1 Å². The van der Waals surface area contributed by atoms with Crippen LogP contribution in [-0.4, -0.2) is 10.8 Å². The molecule has 0 heterocycles. The molecule has 5 nitrogen and oxygen atoms in total. The second kappa shape index (κ2) is 6.88. The molecule has 0 saturated carbocycles. The lowest BCUT2D eigenvalue weighted by Gasteiger charge is -2.10. The summed E-state index contributed by atoms with van der Waals surface area (Å²) in [6.07, 6.45) is -4.47. The molecule has 126 valence electrons. The Labute approximate surface area is 139 Å². The number of nitro groups is 1. The molecule has 0 atom stereocenters. The van der Waals surface area contributed by atoms with Gasteiger partial charge in [0.25, 0.3) is 11.6 Å². The van der Waals surface area contributed by atoms with Crippen molar-refractivity contribution in [3.63, 3.8) is 0 Å². The lowest BCUT2D eigenvalue weighted by atomic mass is 10.1. The molecule has 0 spiro atoms. The molecule has 0 aliphatic rings. The van der Waals surface area contributed by atoms with E-state index in [0.29, 0.717) is 0 Å². The third-order valence-corrected chi connectivity index (χ3v) is 3.43. The number of hydrogen-bond acceptors (Lipinski definition) is 3. The van der Waals surface area contributed by atoms with Crippen molar-refractivity contribution in [3.8, 4) is 0 Å². The number of carbonyl (C=O) groups excluding carboxylic acids is 1. The maximum atomic E-state index is 12.6. The van der Waals surface area contributed by atoms with E-state index in [1.165, 1.54) is 18.2 Å². The van der Waals surface area contributed by atoms with Crippen LogP contribution < -0.4 is 5.32 Å². The van der Waals surface area contributed by atoms with Crippen LogP contribution in [0.3, 0.4) is 0 Å². The Balaban J connectivity index is 2.10. The molecule has 0 saturated heterocycles. The quantitative estimate of drug-likeness (QED) is 0.657. The van der Waals surface area contributed by atoms with Gasteiger partial charge in [0.05, 0.1) is 21.1 Å². The first-order valence-electron chi connectivity index (χ1n) is 6.57. The number of nitrogens with zero attached hydrogens (tertiary/aromatic N) is 1. The molecule has 1 N–H and O–H groups in total. The van der Waals surface area contributed by atoms with E-state index in [4.69, 9.17) is 11.6 Å². The van der Waals surface area contributed by atoms with E-state index in [9.17, 15) is 28.1 Å².